The molecule has 90 valence electrons. The quantitative estimate of drug-likeness (QED) is 0.694. The Morgan fingerprint density at radius 3 is 2.94 bits per heavy atom. The van der Waals surface area contributed by atoms with E-state index in [1.165, 1.54) is 0 Å². The van der Waals surface area contributed by atoms with Crippen LogP contribution >= 0.6 is 11.6 Å². The zero-order valence-corrected chi connectivity index (χ0v) is 9.98. The van der Waals surface area contributed by atoms with Gasteiger partial charge < -0.3 is 15.2 Å². The first-order valence-corrected chi connectivity index (χ1v) is 5.65. The van der Waals surface area contributed by atoms with E-state index in [2.05, 4.69) is 15.1 Å². The molecule has 0 radical (unpaired) electrons. The van der Waals surface area contributed by atoms with Gasteiger partial charge in [-0.3, -0.25) is 0 Å². The number of hydrogen-bond donors (Lipinski definition) is 2. The third kappa shape index (κ3) is 1.84. The number of hydrogen-bond acceptors (Lipinski definition) is 4. The first-order valence-electron chi connectivity index (χ1n) is 5.27. The number of H-pyrrole nitrogens is 1. The molecule has 0 aliphatic carbocycles. The van der Waals surface area contributed by atoms with Gasteiger partial charge in [-0.2, -0.15) is 4.98 Å². The van der Waals surface area contributed by atoms with E-state index in [-0.39, 0.29) is 0 Å². The summed E-state index contributed by atoms with van der Waals surface area (Å²) in [5.74, 6) is 0.824. The van der Waals surface area contributed by atoms with Crippen LogP contribution in [0.15, 0.2) is 41.1 Å². The summed E-state index contributed by atoms with van der Waals surface area (Å²) in [7, 11) is 0. The van der Waals surface area contributed by atoms with Crippen molar-refractivity contribution in [3.8, 4) is 23.0 Å². The summed E-state index contributed by atoms with van der Waals surface area (Å²) in [6, 6.07) is 8.83. The van der Waals surface area contributed by atoms with Crippen molar-refractivity contribution in [3.63, 3.8) is 0 Å². The summed E-state index contributed by atoms with van der Waals surface area (Å²) in [5.41, 5.74) is 7.71. The number of nitrogens with two attached hydrogens (primary N) is 1. The monoisotopic (exact) mass is 260 g/mol. The molecule has 18 heavy (non-hydrogen) atoms. The Morgan fingerprint density at radius 2 is 2.17 bits per heavy atom. The number of benzene rings is 1. The van der Waals surface area contributed by atoms with Crippen molar-refractivity contribution in [2.75, 3.05) is 5.73 Å². The topological polar surface area (TPSA) is 80.7 Å². The van der Waals surface area contributed by atoms with E-state index in [0.717, 1.165) is 5.69 Å². The lowest BCUT2D eigenvalue weighted by Crippen LogP contribution is -1.87. The van der Waals surface area contributed by atoms with Gasteiger partial charge in [0.15, 0.2) is 0 Å². The molecule has 3 N–H and O–H groups in total. The predicted octanol–water partition coefficient (Wildman–Crippen LogP) is 2.97. The van der Waals surface area contributed by atoms with Crippen molar-refractivity contribution in [3.05, 3.63) is 41.6 Å². The van der Waals surface area contributed by atoms with Gasteiger partial charge in [-0.15, -0.1) is 0 Å². The van der Waals surface area contributed by atoms with Crippen LogP contribution in [-0.4, -0.2) is 15.1 Å². The van der Waals surface area contributed by atoms with Gasteiger partial charge in [0.2, 0.25) is 5.82 Å². The van der Waals surface area contributed by atoms with Crippen molar-refractivity contribution in [2.24, 2.45) is 0 Å². The van der Waals surface area contributed by atoms with E-state index >= 15 is 0 Å². The molecule has 0 fully saturated rings. The second-order valence-corrected chi connectivity index (χ2v) is 4.15. The molecule has 0 bridgehead atoms. The minimum atomic E-state index is 0.344. The maximum atomic E-state index is 6.07. The molecular formula is C12H9ClN4O. The van der Waals surface area contributed by atoms with Crippen LogP contribution in [0.5, 0.6) is 0 Å². The molecule has 0 amide bonds. The average molecular weight is 261 g/mol. The lowest BCUT2D eigenvalue weighted by atomic mass is 10.2. The van der Waals surface area contributed by atoms with Crippen molar-refractivity contribution >= 4 is 17.3 Å². The Balaban J connectivity index is 2.05. The van der Waals surface area contributed by atoms with Crippen LogP contribution in [0.3, 0.4) is 0 Å². The third-order valence-corrected chi connectivity index (χ3v) is 2.82. The third-order valence-electron chi connectivity index (χ3n) is 2.49. The van der Waals surface area contributed by atoms with Crippen LogP contribution in [0.4, 0.5) is 5.69 Å². The number of nitrogens with one attached hydrogen (secondary N) is 1. The molecule has 3 aromatic rings. The normalized spacial score (nSPS) is 10.7. The Morgan fingerprint density at radius 1 is 1.28 bits per heavy atom. The van der Waals surface area contributed by atoms with Crippen LogP contribution in [0.25, 0.3) is 23.0 Å². The van der Waals surface area contributed by atoms with Crippen molar-refractivity contribution in [1.82, 2.24) is 15.1 Å². The highest BCUT2D eigenvalue weighted by Crippen LogP contribution is 2.29. The van der Waals surface area contributed by atoms with E-state index < -0.39 is 0 Å². The zero-order valence-electron chi connectivity index (χ0n) is 9.22. The smallest absolute Gasteiger partial charge is 0.259 e. The number of halogens is 1. The molecule has 2 aromatic heterocycles. The number of aromatic nitrogens is 3. The van der Waals surface area contributed by atoms with Gasteiger partial charge in [0.05, 0.1) is 16.3 Å². The van der Waals surface area contributed by atoms with Gasteiger partial charge in [-0.05, 0) is 30.3 Å². The summed E-state index contributed by atoms with van der Waals surface area (Å²) < 4.78 is 5.19. The fraction of sp³-hybridized carbons (Fsp3) is 0. The van der Waals surface area contributed by atoms with Crippen molar-refractivity contribution in [1.29, 1.82) is 0 Å². The Bertz CT molecular complexity index is 675. The molecule has 6 heteroatoms. The fourth-order valence-corrected chi connectivity index (χ4v) is 1.82. The molecule has 0 atom stereocenters. The summed E-state index contributed by atoms with van der Waals surface area (Å²) in [5, 5.41) is 4.41. The van der Waals surface area contributed by atoms with Gasteiger partial charge in [-0.25, -0.2) is 0 Å². The summed E-state index contributed by atoms with van der Waals surface area (Å²) >= 11 is 6.07. The minimum absolute atomic E-state index is 0.344. The Labute approximate surface area is 108 Å². The SMILES string of the molecule is Nc1ccc(Cl)c(-c2nc(-c3ccc[nH]3)no2)c1. The largest absolute Gasteiger partial charge is 0.399 e. The number of rotatable bonds is 2. The van der Waals surface area contributed by atoms with Crippen LogP contribution in [0.1, 0.15) is 0 Å². The molecule has 0 saturated carbocycles. The molecule has 3 rings (SSSR count). The van der Waals surface area contributed by atoms with Crippen molar-refractivity contribution < 1.29 is 4.52 Å². The average Bonchev–Trinajstić information content (AvgIpc) is 3.00. The summed E-state index contributed by atoms with van der Waals surface area (Å²) in [6.07, 6.45) is 1.79. The van der Waals surface area contributed by atoms with Crippen LogP contribution < -0.4 is 5.73 Å². The molecular weight excluding hydrogens is 252 g/mol. The standard InChI is InChI=1S/C12H9ClN4O/c13-9-4-3-7(14)6-8(9)12-16-11(17-18-12)10-2-1-5-15-10/h1-6,15H,14H2. The highest BCUT2D eigenvalue weighted by molar-refractivity contribution is 6.33. The van der Waals surface area contributed by atoms with E-state index in [1.54, 1.807) is 24.4 Å². The Hall–Kier alpha value is -2.27. The maximum Gasteiger partial charge on any atom is 0.259 e. The number of aromatic amines is 1. The summed E-state index contributed by atoms with van der Waals surface area (Å²) in [4.78, 5) is 7.28. The molecule has 0 saturated heterocycles. The first kappa shape index (κ1) is 10.9. The molecule has 5 nitrogen and oxygen atoms in total. The first-order chi connectivity index (χ1) is 8.74. The van der Waals surface area contributed by atoms with Gasteiger partial charge in [0.25, 0.3) is 5.89 Å². The van der Waals surface area contributed by atoms with Gasteiger partial charge >= 0.3 is 0 Å². The van der Waals surface area contributed by atoms with E-state index in [9.17, 15) is 0 Å². The second-order valence-electron chi connectivity index (χ2n) is 3.75. The molecule has 2 heterocycles. The number of nitrogen functional groups attached to an aromatic ring is 1. The van der Waals surface area contributed by atoms with Crippen LogP contribution in [-0.2, 0) is 0 Å². The van der Waals surface area contributed by atoms with E-state index in [0.29, 0.717) is 28.0 Å². The maximum absolute atomic E-state index is 6.07. The van der Waals surface area contributed by atoms with Gasteiger partial charge in [0, 0.05) is 11.9 Å². The van der Waals surface area contributed by atoms with Crippen LogP contribution in [0.2, 0.25) is 5.02 Å². The van der Waals surface area contributed by atoms with Gasteiger partial charge in [0.1, 0.15) is 0 Å². The van der Waals surface area contributed by atoms with E-state index in [1.807, 2.05) is 12.1 Å². The zero-order chi connectivity index (χ0) is 12.5. The molecule has 0 spiro atoms. The van der Waals surface area contributed by atoms with Crippen LogP contribution in [0, 0.1) is 0 Å². The van der Waals surface area contributed by atoms with Gasteiger partial charge in [-0.1, -0.05) is 16.8 Å². The fourth-order valence-electron chi connectivity index (χ4n) is 1.62. The second kappa shape index (κ2) is 4.19. The predicted molar refractivity (Wildman–Crippen MR) is 68.9 cm³/mol. The highest BCUT2D eigenvalue weighted by Gasteiger charge is 2.13. The minimum Gasteiger partial charge on any atom is -0.399 e. The number of nitrogens with zero attached hydrogens (tertiary/aromatic N) is 2. The molecule has 0 unspecified atom stereocenters. The van der Waals surface area contributed by atoms with Crippen molar-refractivity contribution in [2.45, 2.75) is 0 Å². The molecule has 0 aliphatic rings. The molecule has 0 aliphatic heterocycles. The lowest BCUT2D eigenvalue weighted by molar-refractivity contribution is 0.432. The molecule has 1 aromatic carbocycles. The highest BCUT2D eigenvalue weighted by atomic mass is 35.5. The lowest BCUT2D eigenvalue weighted by Gasteiger charge is -1.99. The Kier molecular flexibility index (Phi) is 2.53. The van der Waals surface area contributed by atoms with E-state index in [4.69, 9.17) is 21.9 Å². The summed E-state index contributed by atoms with van der Waals surface area (Å²) in [6.45, 7) is 0. The number of anilines is 1.